The van der Waals surface area contributed by atoms with Gasteiger partial charge in [0, 0.05) is 64.8 Å². The number of hydrogen-bond acceptors (Lipinski definition) is 12. The normalized spacial score (nSPS) is 19.0. The summed E-state index contributed by atoms with van der Waals surface area (Å²) < 4.78 is 15.0. The van der Waals surface area contributed by atoms with Crippen molar-refractivity contribution in [2.24, 2.45) is 0 Å². The van der Waals surface area contributed by atoms with Crippen molar-refractivity contribution in [2.75, 3.05) is 99.3 Å². The first-order valence-electron chi connectivity index (χ1n) is 22.2. The second-order valence-electron chi connectivity index (χ2n) is 15.3. The standard InChI is InChI=1S/2C12H17NO2.C9H11N.C8H9N.2C3H6O2.2CH4.H2/c2*14-9-11(15)8-13-7-3-5-10-4-1-2-6-12(10)13;1-2-6-9-8(4-1)5-3-7-10-9;1-2-4-8-7(3-1)5-6-9-8;2*4-1-3-2-5-3;;;/h2*1-2,4,6,11,14-15H,3,5,7-9H2;1-2,4,6,10H,3,5,7H2;1-4,9H,5-6H2;2*3-4H,1-2H2;2*1H4;1H/i;;;;;;1D;;1+2. The Morgan fingerprint density at radius 3 is 1.33 bits per heavy atom. The minimum absolute atomic E-state index is 0. The van der Waals surface area contributed by atoms with Crippen LogP contribution in [0.3, 0.4) is 0 Å². The fraction of sp³-hybridized carbons (Fsp3) is 0.510. The zero-order chi connectivity index (χ0) is 43.7. The maximum Gasteiger partial charge on any atom is 0.104 e. The van der Waals surface area contributed by atoms with Gasteiger partial charge in [0.15, 0.2) is 0 Å². The van der Waals surface area contributed by atoms with E-state index in [1.807, 2.05) is 24.3 Å². The van der Waals surface area contributed by atoms with Crippen LogP contribution < -0.4 is 20.4 Å². The zero-order valence-corrected chi connectivity index (χ0v) is 35.4. The zero-order valence-electron chi connectivity index (χ0n) is 36.4. The summed E-state index contributed by atoms with van der Waals surface area (Å²) in [6, 6.07) is 33.5. The second-order valence-corrected chi connectivity index (χ2v) is 15.3. The molecule has 8 N–H and O–H groups in total. The van der Waals surface area contributed by atoms with Crippen molar-refractivity contribution in [3.8, 4) is 0 Å². The molecule has 12 heteroatoms. The van der Waals surface area contributed by atoms with Crippen LogP contribution in [0.1, 0.15) is 59.1 Å². The predicted octanol–water partition coefficient (Wildman–Crippen LogP) is 5.56. The van der Waals surface area contributed by atoms with Gasteiger partial charge in [0.2, 0.25) is 0 Å². The van der Waals surface area contributed by atoms with Crippen LogP contribution in [0.5, 0.6) is 0 Å². The number of nitrogens with one attached hydrogen (secondary N) is 2. The van der Waals surface area contributed by atoms with Gasteiger partial charge in [-0.2, -0.15) is 0 Å². The minimum atomic E-state index is -0.642. The number of aliphatic hydroxyl groups excluding tert-OH is 6. The fourth-order valence-corrected chi connectivity index (χ4v) is 7.23. The summed E-state index contributed by atoms with van der Waals surface area (Å²) in [4.78, 5) is 4.30. The van der Waals surface area contributed by atoms with Gasteiger partial charge in [-0.25, -0.2) is 0 Å². The minimum Gasteiger partial charge on any atom is -0.394 e. The molecule has 6 heterocycles. The van der Waals surface area contributed by atoms with Gasteiger partial charge in [-0.05, 0) is 91.5 Å². The average Bonchev–Trinajstić information content (AvgIpc) is 4.29. The highest BCUT2D eigenvalue weighted by Gasteiger charge is 2.21. The summed E-state index contributed by atoms with van der Waals surface area (Å²) in [6.45, 7) is 6.80. The summed E-state index contributed by atoms with van der Waals surface area (Å²) in [5.74, 6) is 0. The Morgan fingerprint density at radius 1 is 0.557 bits per heavy atom. The van der Waals surface area contributed by atoms with Crippen LogP contribution in [0.4, 0.5) is 22.7 Å². The van der Waals surface area contributed by atoms with Crippen molar-refractivity contribution >= 4 is 22.7 Å². The molecule has 4 unspecified atom stereocenters. The summed E-state index contributed by atoms with van der Waals surface area (Å²) >= 11 is 0. The van der Waals surface area contributed by atoms with Crippen LogP contribution in [0.25, 0.3) is 0 Å². The first-order valence-corrected chi connectivity index (χ1v) is 21.2. The molecule has 4 aromatic rings. The van der Waals surface area contributed by atoms with E-state index >= 15 is 0 Å². The number of anilines is 4. The lowest BCUT2D eigenvalue weighted by atomic mass is 10.0. The van der Waals surface area contributed by atoms with E-state index in [-0.39, 0.29) is 47.5 Å². The molecule has 2 saturated heterocycles. The first kappa shape index (κ1) is 49.4. The highest BCUT2D eigenvalue weighted by Crippen LogP contribution is 2.28. The van der Waals surface area contributed by atoms with E-state index in [9.17, 15) is 10.2 Å². The van der Waals surface area contributed by atoms with Crippen LogP contribution >= 0.6 is 0 Å². The number of epoxide rings is 2. The SMILES string of the molecule is C.OCC(O)CN1CCCc2ccccc21.OCC(O)CN1CCCc2ccccc21.OCC1CO1.OCC1CO1.[2H]C.[3HH].c1ccc2c(c1)CCCN2.c1ccc2c(c1)CCN2. The molecule has 0 saturated carbocycles. The van der Waals surface area contributed by atoms with Gasteiger partial charge in [0.25, 0.3) is 0 Å². The third kappa shape index (κ3) is 17.9. The molecular weight excluding hydrogens is 773 g/mol. The number of aryl methyl sites for hydroxylation is 3. The Labute approximate surface area is 367 Å². The van der Waals surface area contributed by atoms with Crippen LogP contribution in [-0.2, 0) is 35.2 Å². The Kier molecular flexibility index (Phi) is 23.0. The fourth-order valence-electron chi connectivity index (χ4n) is 7.23. The largest absolute Gasteiger partial charge is 0.394 e. The lowest BCUT2D eigenvalue weighted by Crippen LogP contribution is -2.37. The van der Waals surface area contributed by atoms with E-state index in [0.29, 0.717) is 13.1 Å². The van der Waals surface area contributed by atoms with Crippen molar-refractivity contribution in [3.05, 3.63) is 119 Å². The molecule has 0 aromatic heterocycles. The molecule has 0 bridgehead atoms. The number of aliphatic hydroxyl groups is 6. The van der Waals surface area contributed by atoms with Gasteiger partial charge in [0.05, 0.1) is 51.8 Å². The van der Waals surface area contributed by atoms with Crippen LogP contribution in [0.2, 0.25) is 0 Å². The van der Waals surface area contributed by atoms with Gasteiger partial charge >= 0.3 is 0 Å². The molecule has 6 aliphatic heterocycles. The average molecular weight is 852 g/mol. The number of hydrogen-bond donors (Lipinski definition) is 8. The number of nitrogens with zero attached hydrogens (tertiary/aromatic N) is 2. The van der Waals surface area contributed by atoms with E-state index in [2.05, 4.69) is 103 Å². The second kappa shape index (κ2) is 28.4. The number of fused-ring (bicyclic) bond motifs is 4. The summed E-state index contributed by atoms with van der Waals surface area (Å²) in [6.07, 6.45) is 7.27. The van der Waals surface area contributed by atoms with E-state index in [1.165, 1.54) is 71.7 Å². The number of β-amino-alcohol motifs (C(OH)–C–C–N with tert-alkyl or cyclic N) is 2. The van der Waals surface area contributed by atoms with Crippen molar-refractivity contribution in [1.29, 1.82) is 0 Å². The van der Waals surface area contributed by atoms with Gasteiger partial charge < -0.3 is 60.5 Å². The van der Waals surface area contributed by atoms with Gasteiger partial charge in [-0.15, -0.1) is 0 Å². The van der Waals surface area contributed by atoms with Crippen LogP contribution in [0, 0.1) is 0 Å². The molecule has 10 rings (SSSR count). The van der Waals surface area contributed by atoms with Crippen molar-refractivity contribution in [1.82, 2.24) is 0 Å². The summed E-state index contributed by atoms with van der Waals surface area (Å²) in [5.41, 5.74) is 10.7. The number of ether oxygens (including phenoxy) is 2. The van der Waals surface area contributed by atoms with Gasteiger partial charge in [-0.1, -0.05) is 87.6 Å². The molecule has 0 aliphatic carbocycles. The quantitative estimate of drug-likeness (QED) is 0.104. The Morgan fingerprint density at radius 2 is 0.934 bits per heavy atom. The maximum absolute atomic E-state index is 9.44. The van der Waals surface area contributed by atoms with E-state index in [1.54, 1.807) is 0 Å². The van der Waals surface area contributed by atoms with Crippen LogP contribution in [0.15, 0.2) is 97.1 Å². The Hall–Kier alpha value is -4.24. The summed E-state index contributed by atoms with van der Waals surface area (Å²) in [5, 5.41) is 59.4. The third-order valence-corrected chi connectivity index (χ3v) is 10.6. The van der Waals surface area contributed by atoms with Crippen molar-refractivity contribution < 1.29 is 42.9 Å². The maximum atomic E-state index is 9.44. The summed E-state index contributed by atoms with van der Waals surface area (Å²) in [7, 11) is 1.25. The lowest BCUT2D eigenvalue weighted by molar-refractivity contribution is 0.0995. The monoisotopic (exact) mass is 852 g/mol. The molecule has 2 fully saturated rings. The van der Waals surface area contributed by atoms with Gasteiger partial charge in [0.1, 0.15) is 12.2 Å². The molecule has 4 aromatic carbocycles. The molecule has 0 amide bonds. The molecule has 340 valence electrons. The molecule has 6 aliphatic rings. The van der Waals surface area contributed by atoms with E-state index in [0.717, 1.165) is 65.1 Å². The highest BCUT2D eigenvalue weighted by molar-refractivity contribution is 5.57. The lowest BCUT2D eigenvalue weighted by Gasteiger charge is -2.32. The molecule has 4 atom stereocenters. The van der Waals surface area contributed by atoms with E-state index in [4.69, 9.17) is 21.8 Å². The Balaban J connectivity index is 0.000000266. The molecular formula is C49H76N4O8. The predicted molar refractivity (Wildman–Crippen MR) is 251 cm³/mol. The third-order valence-electron chi connectivity index (χ3n) is 10.6. The van der Waals surface area contributed by atoms with Crippen molar-refractivity contribution in [2.45, 2.75) is 84.2 Å². The molecule has 0 radical (unpaired) electrons. The van der Waals surface area contributed by atoms with Crippen LogP contribution in [-0.4, -0.2) is 134 Å². The number of rotatable bonds is 8. The van der Waals surface area contributed by atoms with Crippen molar-refractivity contribution in [3.63, 3.8) is 0 Å². The number of benzene rings is 4. The smallest absolute Gasteiger partial charge is 0.104 e. The molecule has 0 spiro atoms. The molecule has 61 heavy (non-hydrogen) atoms. The Bertz CT molecular complexity index is 1660. The first-order chi connectivity index (χ1) is 29.9. The molecule has 12 nitrogen and oxygen atoms in total. The highest BCUT2D eigenvalue weighted by atomic mass is 16.6. The van der Waals surface area contributed by atoms with E-state index < -0.39 is 12.2 Å². The van der Waals surface area contributed by atoms with Gasteiger partial charge in [-0.3, -0.25) is 0 Å². The topological polar surface area (TPSA) is 177 Å². The number of para-hydroxylation sites is 4.